The Morgan fingerprint density at radius 1 is 1.47 bits per heavy atom. The summed E-state index contributed by atoms with van der Waals surface area (Å²) in [6, 6.07) is 0. The van der Waals surface area contributed by atoms with E-state index in [0.29, 0.717) is 24.0 Å². The molecule has 0 aliphatic heterocycles. The highest BCUT2D eigenvalue weighted by atomic mass is 31.2. The number of allylic oxidation sites excluding steroid dienone is 1. The molecule has 17 heavy (non-hydrogen) atoms. The van der Waals surface area contributed by atoms with Gasteiger partial charge in [-0.25, -0.2) is 0 Å². The fourth-order valence-electron chi connectivity index (χ4n) is 1.08. The van der Waals surface area contributed by atoms with Gasteiger partial charge in [0.05, 0.1) is 27.1 Å². The summed E-state index contributed by atoms with van der Waals surface area (Å²) in [5, 5.41) is 0. The van der Waals surface area contributed by atoms with Gasteiger partial charge < -0.3 is 18.4 Å². The lowest BCUT2D eigenvalue weighted by Gasteiger charge is -2.30. The number of hydrogen-bond acceptors (Lipinski definition) is 5. The molecule has 0 saturated carbocycles. The van der Waals surface area contributed by atoms with Crippen LogP contribution in [0.25, 0.3) is 0 Å². The van der Waals surface area contributed by atoms with Gasteiger partial charge in [-0.05, 0) is 6.08 Å². The number of carbonyl (C=O) groups excluding carboxylic acids is 1. The Balaban J connectivity index is 3.97. The van der Waals surface area contributed by atoms with Crippen molar-refractivity contribution in [1.29, 1.82) is 0 Å². The van der Waals surface area contributed by atoms with Crippen molar-refractivity contribution >= 4 is 13.6 Å². The van der Waals surface area contributed by atoms with E-state index in [1.54, 1.807) is 0 Å². The first kappa shape index (κ1) is 16.5. The van der Waals surface area contributed by atoms with Crippen molar-refractivity contribution in [3.63, 3.8) is 0 Å². The summed E-state index contributed by atoms with van der Waals surface area (Å²) in [4.78, 5) is 22.0. The summed E-state index contributed by atoms with van der Waals surface area (Å²) in [7, 11) is 0.688. The van der Waals surface area contributed by atoms with Crippen LogP contribution < -0.4 is 4.89 Å². The molecule has 0 radical (unpaired) electrons. The van der Waals surface area contributed by atoms with Crippen LogP contribution in [0.3, 0.4) is 0 Å². The smallest absolute Gasteiger partial charge is 0.267 e. The predicted octanol–water partition coefficient (Wildman–Crippen LogP) is 0.339. The Kier molecular flexibility index (Phi) is 6.82. The Morgan fingerprint density at radius 3 is 2.53 bits per heavy atom. The molecule has 0 saturated heterocycles. The van der Waals surface area contributed by atoms with Crippen LogP contribution in [-0.4, -0.2) is 51.2 Å². The number of likely N-dealkylation sites (N-methyl/N-ethyl adjacent to an activating group) is 1. The van der Waals surface area contributed by atoms with Gasteiger partial charge in [0.2, 0.25) is 0 Å². The van der Waals surface area contributed by atoms with Gasteiger partial charge in [-0.15, -0.1) is 0 Å². The van der Waals surface area contributed by atoms with Crippen molar-refractivity contribution in [3.05, 3.63) is 12.7 Å². The molecule has 0 aromatic heterocycles. The normalized spacial score (nSPS) is 15.3. The monoisotopic (exact) mass is 265 g/mol. The molecule has 0 bridgehead atoms. The van der Waals surface area contributed by atoms with Crippen LogP contribution >= 0.6 is 7.82 Å². The summed E-state index contributed by atoms with van der Waals surface area (Å²) in [6.45, 7) is 4.50. The van der Waals surface area contributed by atoms with E-state index in [1.807, 2.05) is 14.1 Å². The third-order valence-corrected chi connectivity index (χ3v) is 3.31. The van der Waals surface area contributed by atoms with Crippen LogP contribution in [-0.2, 0) is 18.4 Å². The molecule has 0 N–H and O–H groups in total. The van der Waals surface area contributed by atoms with Gasteiger partial charge in [0.15, 0.2) is 5.78 Å². The maximum absolute atomic E-state index is 11.1. The summed E-state index contributed by atoms with van der Waals surface area (Å²) in [6.07, 6.45) is 1.67. The minimum absolute atomic E-state index is 0.0245. The SMILES string of the molecule is C=CC(=O)CC[N+](C)(C)CCOP(=O)([O-])OC. The minimum atomic E-state index is -4.15. The van der Waals surface area contributed by atoms with Crippen molar-refractivity contribution < 1.29 is 27.8 Å². The van der Waals surface area contributed by atoms with E-state index in [4.69, 9.17) is 0 Å². The molecule has 0 aromatic rings. The first-order valence-corrected chi connectivity index (χ1v) is 6.67. The molecule has 0 heterocycles. The largest absolute Gasteiger partial charge is 0.756 e. The predicted molar refractivity (Wildman–Crippen MR) is 62.2 cm³/mol. The van der Waals surface area contributed by atoms with Gasteiger partial charge in [0, 0.05) is 7.11 Å². The number of nitrogens with zero attached hydrogens (tertiary/aromatic N) is 1. The van der Waals surface area contributed by atoms with Crippen LogP contribution in [0.1, 0.15) is 6.42 Å². The van der Waals surface area contributed by atoms with Crippen LogP contribution in [0, 0.1) is 0 Å². The number of rotatable bonds is 9. The van der Waals surface area contributed by atoms with E-state index in [0.717, 1.165) is 7.11 Å². The molecule has 100 valence electrons. The summed E-state index contributed by atoms with van der Waals surface area (Å²) >= 11 is 0. The van der Waals surface area contributed by atoms with Gasteiger partial charge in [-0.2, -0.15) is 0 Å². The quantitative estimate of drug-likeness (QED) is 0.341. The molecule has 0 aliphatic rings. The summed E-state index contributed by atoms with van der Waals surface area (Å²) < 4.78 is 20.2. The van der Waals surface area contributed by atoms with E-state index < -0.39 is 7.82 Å². The number of phosphoric acid groups is 1. The zero-order valence-corrected chi connectivity index (χ0v) is 11.4. The number of phosphoric ester groups is 1. The Bertz CT molecular complexity index is 316. The van der Waals surface area contributed by atoms with Gasteiger partial charge in [-0.3, -0.25) is 9.36 Å². The molecule has 0 fully saturated rings. The van der Waals surface area contributed by atoms with Gasteiger partial charge in [-0.1, -0.05) is 6.58 Å². The minimum Gasteiger partial charge on any atom is -0.756 e. The first-order valence-electron chi connectivity index (χ1n) is 5.21. The number of quaternary nitrogens is 1. The highest BCUT2D eigenvalue weighted by Gasteiger charge is 2.17. The molecule has 0 aromatic carbocycles. The van der Waals surface area contributed by atoms with Crippen molar-refractivity contribution in [2.75, 3.05) is 40.9 Å². The molecule has 0 spiro atoms. The third-order valence-electron chi connectivity index (χ3n) is 2.36. The Labute approximate surface area is 102 Å². The summed E-state index contributed by atoms with van der Waals surface area (Å²) in [5.41, 5.74) is 0. The van der Waals surface area contributed by atoms with Crippen LogP contribution in [0.15, 0.2) is 12.7 Å². The highest BCUT2D eigenvalue weighted by Crippen LogP contribution is 2.36. The third kappa shape index (κ3) is 8.24. The van der Waals surface area contributed by atoms with Gasteiger partial charge in [0.25, 0.3) is 7.82 Å². The number of carbonyl (C=O) groups is 1. The van der Waals surface area contributed by atoms with E-state index in [1.165, 1.54) is 6.08 Å². The maximum atomic E-state index is 11.1. The Hall–Kier alpha value is -0.520. The van der Waals surface area contributed by atoms with E-state index >= 15 is 0 Å². The fourth-order valence-corrected chi connectivity index (χ4v) is 1.49. The molecule has 7 heteroatoms. The fraction of sp³-hybridized carbons (Fsp3) is 0.700. The first-order chi connectivity index (χ1) is 7.72. The highest BCUT2D eigenvalue weighted by molar-refractivity contribution is 7.45. The van der Waals surface area contributed by atoms with Crippen LogP contribution in [0.2, 0.25) is 0 Å². The van der Waals surface area contributed by atoms with Crippen LogP contribution in [0.4, 0.5) is 0 Å². The molecular weight excluding hydrogens is 245 g/mol. The molecule has 6 nitrogen and oxygen atoms in total. The average molecular weight is 265 g/mol. The molecular formula is C10H20NO5P. The van der Waals surface area contributed by atoms with E-state index in [9.17, 15) is 14.3 Å². The number of hydrogen-bond donors (Lipinski definition) is 0. The maximum Gasteiger partial charge on any atom is 0.267 e. The van der Waals surface area contributed by atoms with Gasteiger partial charge in [0.1, 0.15) is 13.2 Å². The van der Waals surface area contributed by atoms with Crippen molar-refractivity contribution in [2.45, 2.75) is 6.42 Å². The molecule has 1 atom stereocenters. The zero-order valence-electron chi connectivity index (χ0n) is 10.5. The molecule has 0 rings (SSSR count). The van der Waals surface area contributed by atoms with Crippen molar-refractivity contribution in [2.24, 2.45) is 0 Å². The molecule has 1 unspecified atom stereocenters. The lowest BCUT2D eigenvalue weighted by atomic mass is 10.2. The second-order valence-electron chi connectivity index (χ2n) is 4.27. The standard InChI is InChI=1S/C10H20NO5P/c1-5-10(12)6-7-11(2,3)8-9-16-17(13,14)15-4/h5H,1,6-9H2,2-4H3. The number of ketones is 1. The zero-order chi connectivity index (χ0) is 13.5. The van der Waals surface area contributed by atoms with Crippen molar-refractivity contribution in [1.82, 2.24) is 0 Å². The second kappa shape index (κ2) is 7.03. The average Bonchev–Trinajstić information content (AvgIpc) is 2.25. The van der Waals surface area contributed by atoms with Gasteiger partial charge >= 0.3 is 0 Å². The van der Waals surface area contributed by atoms with E-state index in [-0.39, 0.29) is 12.4 Å². The summed E-state index contributed by atoms with van der Waals surface area (Å²) in [5.74, 6) is -0.0245. The lowest BCUT2D eigenvalue weighted by molar-refractivity contribution is -0.889. The lowest BCUT2D eigenvalue weighted by Crippen LogP contribution is -2.43. The molecule has 0 amide bonds. The Morgan fingerprint density at radius 2 is 2.06 bits per heavy atom. The van der Waals surface area contributed by atoms with E-state index in [2.05, 4.69) is 15.6 Å². The topological polar surface area (TPSA) is 75.7 Å². The second-order valence-corrected chi connectivity index (χ2v) is 5.78. The van der Waals surface area contributed by atoms with Crippen LogP contribution in [0.5, 0.6) is 0 Å². The van der Waals surface area contributed by atoms with Crippen molar-refractivity contribution in [3.8, 4) is 0 Å². The molecule has 0 aliphatic carbocycles.